The lowest BCUT2D eigenvalue weighted by Gasteiger charge is -2.33. The molecule has 7 heteroatoms. The van der Waals surface area contributed by atoms with E-state index in [9.17, 15) is 5.26 Å². The monoisotopic (exact) mass is 391 g/mol. The highest BCUT2D eigenvalue weighted by atomic mass is 35.5. The second-order valence-electron chi connectivity index (χ2n) is 7.56. The van der Waals surface area contributed by atoms with Gasteiger partial charge in [0.1, 0.15) is 11.9 Å². The maximum atomic E-state index is 9.32. The summed E-state index contributed by atoms with van der Waals surface area (Å²) in [5.41, 5.74) is 1.73. The predicted octanol–water partition coefficient (Wildman–Crippen LogP) is 4.43. The molecule has 140 valence electrons. The average Bonchev–Trinajstić information content (AvgIpc) is 3.20. The predicted molar refractivity (Wildman–Crippen MR) is 105 cm³/mol. The number of benzene rings is 1. The van der Waals surface area contributed by atoms with Gasteiger partial charge in [-0.1, -0.05) is 28.9 Å². The first-order valence-corrected chi connectivity index (χ1v) is 9.76. The zero-order valence-electron chi connectivity index (χ0n) is 15.2. The standard InChI is InChI=1S/C21H18ClN5O/c22-16-5-1-3-14(11-16)18-25-20(28-26-18)17-12-21(17)6-9-27(10-7-21)19-15(13-23)4-2-8-24-19/h1-5,8,11,17H,6-7,9-10,12H2. The van der Waals surface area contributed by atoms with Gasteiger partial charge in [0, 0.05) is 35.8 Å². The first kappa shape index (κ1) is 17.2. The second-order valence-corrected chi connectivity index (χ2v) is 8.00. The third-order valence-corrected chi connectivity index (χ3v) is 6.21. The minimum absolute atomic E-state index is 0.232. The van der Waals surface area contributed by atoms with Gasteiger partial charge in [0.2, 0.25) is 11.7 Å². The molecule has 1 unspecified atom stereocenters. The summed E-state index contributed by atoms with van der Waals surface area (Å²) < 4.78 is 5.59. The lowest BCUT2D eigenvalue weighted by molar-refractivity contribution is 0.326. The van der Waals surface area contributed by atoms with E-state index in [2.05, 4.69) is 26.1 Å². The number of anilines is 1. The SMILES string of the molecule is N#Cc1cccnc1N1CCC2(CC1)CC2c1nc(-c2cccc(Cl)c2)no1. The highest BCUT2D eigenvalue weighted by Crippen LogP contribution is 2.64. The van der Waals surface area contributed by atoms with Gasteiger partial charge in [0.05, 0.1) is 5.56 Å². The Labute approximate surface area is 167 Å². The van der Waals surface area contributed by atoms with E-state index >= 15 is 0 Å². The molecule has 6 nitrogen and oxygen atoms in total. The van der Waals surface area contributed by atoms with Crippen LogP contribution >= 0.6 is 11.6 Å². The molecule has 0 radical (unpaired) electrons. The number of hydrogen-bond acceptors (Lipinski definition) is 6. The molecular weight excluding hydrogens is 374 g/mol. The molecule has 2 aromatic heterocycles. The van der Waals surface area contributed by atoms with Crippen LogP contribution in [0.3, 0.4) is 0 Å². The van der Waals surface area contributed by atoms with E-state index in [1.54, 1.807) is 12.3 Å². The van der Waals surface area contributed by atoms with Crippen LogP contribution in [0.15, 0.2) is 47.1 Å². The maximum absolute atomic E-state index is 9.32. The number of piperidine rings is 1. The molecule has 0 bridgehead atoms. The fourth-order valence-corrected chi connectivity index (χ4v) is 4.46. The lowest BCUT2D eigenvalue weighted by atomic mass is 9.90. The summed E-state index contributed by atoms with van der Waals surface area (Å²) in [6, 6.07) is 13.4. The summed E-state index contributed by atoms with van der Waals surface area (Å²) in [4.78, 5) is 11.3. The fourth-order valence-electron chi connectivity index (χ4n) is 4.27. The number of hydrogen-bond donors (Lipinski definition) is 0. The molecule has 3 aromatic rings. The molecule has 1 saturated heterocycles. The molecule has 1 atom stereocenters. The van der Waals surface area contributed by atoms with Crippen LogP contribution in [0.5, 0.6) is 0 Å². The van der Waals surface area contributed by atoms with Crippen LogP contribution in [0.1, 0.15) is 36.6 Å². The highest BCUT2D eigenvalue weighted by molar-refractivity contribution is 6.30. The Kier molecular flexibility index (Phi) is 4.06. The van der Waals surface area contributed by atoms with Crippen LogP contribution < -0.4 is 4.90 Å². The van der Waals surface area contributed by atoms with Crippen molar-refractivity contribution in [1.82, 2.24) is 15.1 Å². The zero-order valence-corrected chi connectivity index (χ0v) is 15.9. The van der Waals surface area contributed by atoms with E-state index in [1.807, 2.05) is 30.3 Å². The Bertz CT molecular complexity index is 1060. The van der Waals surface area contributed by atoms with Gasteiger partial charge in [-0.25, -0.2) is 4.98 Å². The molecule has 2 fully saturated rings. The van der Waals surface area contributed by atoms with Crippen LogP contribution in [-0.4, -0.2) is 28.2 Å². The molecule has 5 rings (SSSR count). The largest absolute Gasteiger partial charge is 0.355 e. The smallest absolute Gasteiger partial charge is 0.230 e. The van der Waals surface area contributed by atoms with Crippen molar-refractivity contribution in [2.45, 2.75) is 25.2 Å². The van der Waals surface area contributed by atoms with Crippen LogP contribution in [0.2, 0.25) is 5.02 Å². The number of rotatable bonds is 3. The van der Waals surface area contributed by atoms with Crippen molar-refractivity contribution in [1.29, 1.82) is 5.26 Å². The Balaban J connectivity index is 1.29. The quantitative estimate of drug-likeness (QED) is 0.657. The minimum Gasteiger partial charge on any atom is -0.355 e. The van der Waals surface area contributed by atoms with Gasteiger partial charge >= 0.3 is 0 Å². The van der Waals surface area contributed by atoms with Crippen molar-refractivity contribution in [2.24, 2.45) is 5.41 Å². The van der Waals surface area contributed by atoms with Crippen LogP contribution in [-0.2, 0) is 0 Å². The van der Waals surface area contributed by atoms with Crippen molar-refractivity contribution in [3.63, 3.8) is 0 Å². The summed E-state index contributed by atoms with van der Waals surface area (Å²) in [6.07, 6.45) is 4.89. The number of pyridine rings is 1. The van der Waals surface area contributed by atoms with Crippen LogP contribution in [0.25, 0.3) is 11.4 Å². The Morgan fingerprint density at radius 1 is 1.21 bits per heavy atom. The Morgan fingerprint density at radius 2 is 2.07 bits per heavy atom. The topological polar surface area (TPSA) is 78.8 Å². The van der Waals surface area contributed by atoms with Gasteiger partial charge < -0.3 is 9.42 Å². The van der Waals surface area contributed by atoms with Gasteiger partial charge in [-0.15, -0.1) is 0 Å². The van der Waals surface area contributed by atoms with Crippen molar-refractivity contribution in [3.8, 4) is 17.5 Å². The summed E-state index contributed by atoms with van der Waals surface area (Å²) >= 11 is 6.06. The molecule has 2 aliphatic rings. The summed E-state index contributed by atoms with van der Waals surface area (Å²) in [6.45, 7) is 1.77. The summed E-state index contributed by atoms with van der Waals surface area (Å²) in [5, 5.41) is 14.1. The van der Waals surface area contributed by atoms with Gasteiger partial charge in [-0.2, -0.15) is 10.2 Å². The van der Waals surface area contributed by atoms with Gasteiger partial charge in [-0.05, 0) is 48.9 Å². The van der Waals surface area contributed by atoms with Gasteiger partial charge in [-0.3, -0.25) is 0 Å². The van der Waals surface area contributed by atoms with E-state index in [0.717, 1.165) is 49.6 Å². The third-order valence-electron chi connectivity index (χ3n) is 5.98. The number of nitriles is 1. The average molecular weight is 392 g/mol. The molecule has 0 N–H and O–H groups in total. The molecule has 28 heavy (non-hydrogen) atoms. The van der Waals surface area contributed by atoms with Gasteiger partial charge in [0.25, 0.3) is 0 Å². The minimum atomic E-state index is 0.232. The first-order chi connectivity index (χ1) is 13.7. The molecule has 1 aliphatic carbocycles. The fraction of sp³-hybridized carbons (Fsp3) is 0.333. The number of aromatic nitrogens is 3. The molecule has 0 amide bonds. The number of halogens is 1. The molecule has 1 aromatic carbocycles. The lowest BCUT2D eigenvalue weighted by Crippen LogP contribution is -2.36. The summed E-state index contributed by atoms with van der Waals surface area (Å²) in [5.74, 6) is 2.41. The highest BCUT2D eigenvalue weighted by Gasteiger charge is 2.58. The van der Waals surface area contributed by atoms with Crippen LogP contribution in [0.4, 0.5) is 5.82 Å². The van der Waals surface area contributed by atoms with Crippen LogP contribution in [0, 0.1) is 16.7 Å². The second kappa shape index (κ2) is 6.61. The molecule has 1 spiro atoms. The molecule has 3 heterocycles. The van der Waals surface area contributed by atoms with Crippen molar-refractivity contribution >= 4 is 17.4 Å². The summed E-state index contributed by atoms with van der Waals surface area (Å²) in [7, 11) is 0. The van der Waals surface area contributed by atoms with E-state index < -0.39 is 0 Å². The van der Waals surface area contributed by atoms with Gasteiger partial charge in [0.15, 0.2) is 0 Å². The zero-order chi connectivity index (χ0) is 19.1. The van der Waals surface area contributed by atoms with Crippen molar-refractivity contribution in [3.05, 3.63) is 59.1 Å². The first-order valence-electron chi connectivity index (χ1n) is 9.38. The maximum Gasteiger partial charge on any atom is 0.230 e. The van der Waals surface area contributed by atoms with E-state index in [-0.39, 0.29) is 5.41 Å². The van der Waals surface area contributed by atoms with Crippen molar-refractivity contribution < 1.29 is 4.52 Å². The Morgan fingerprint density at radius 3 is 2.86 bits per heavy atom. The molecular formula is C21H18ClN5O. The van der Waals surface area contributed by atoms with E-state index in [1.165, 1.54) is 0 Å². The van der Waals surface area contributed by atoms with E-state index in [0.29, 0.717) is 22.3 Å². The van der Waals surface area contributed by atoms with E-state index in [4.69, 9.17) is 16.1 Å². The molecule has 1 aliphatic heterocycles. The third kappa shape index (κ3) is 2.92. The normalized spacial score (nSPS) is 20.1. The molecule has 1 saturated carbocycles. The number of nitrogens with zero attached hydrogens (tertiary/aromatic N) is 5. The Hall–Kier alpha value is -2.91. The van der Waals surface area contributed by atoms with Crippen molar-refractivity contribution in [2.75, 3.05) is 18.0 Å².